The largest absolute Gasteiger partial charge is 0.324 e. The average molecular weight is 392 g/mol. The lowest BCUT2D eigenvalue weighted by Crippen LogP contribution is -2.48. The molecule has 1 aliphatic rings. The summed E-state index contributed by atoms with van der Waals surface area (Å²) in [5.41, 5.74) is 3.19. The van der Waals surface area contributed by atoms with Gasteiger partial charge in [-0.1, -0.05) is 53.0 Å². The molecule has 26 heavy (non-hydrogen) atoms. The first-order valence-electron chi connectivity index (χ1n) is 8.75. The first-order chi connectivity index (χ1) is 12.5. The minimum absolute atomic E-state index is 0.0682. The van der Waals surface area contributed by atoms with Crippen LogP contribution in [0.4, 0.5) is 5.69 Å². The fraction of sp³-hybridized carbons (Fsp3) is 0.350. The van der Waals surface area contributed by atoms with Crippen LogP contribution in [0.15, 0.2) is 42.5 Å². The minimum Gasteiger partial charge on any atom is -0.324 e. The average Bonchev–Trinajstić information content (AvgIpc) is 2.60. The number of hydrogen-bond donors (Lipinski definition) is 1. The molecule has 0 atom stereocenters. The monoisotopic (exact) mass is 391 g/mol. The van der Waals surface area contributed by atoms with Crippen molar-refractivity contribution in [2.75, 3.05) is 38.0 Å². The molecular formula is C20H23Cl2N3O. The number of halogens is 2. The van der Waals surface area contributed by atoms with Gasteiger partial charge in [-0.2, -0.15) is 0 Å². The van der Waals surface area contributed by atoms with Crippen molar-refractivity contribution in [2.45, 2.75) is 13.5 Å². The van der Waals surface area contributed by atoms with E-state index in [4.69, 9.17) is 23.2 Å². The molecule has 3 rings (SSSR count). The van der Waals surface area contributed by atoms with Gasteiger partial charge in [-0.3, -0.25) is 14.6 Å². The van der Waals surface area contributed by atoms with E-state index in [1.165, 1.54) is 11.1 Å². The van der Waals surface area contributed by atoms with Crippen LogP contribution >= 0.6 is 23.2 Å². The quantitative estimate of drug-likeness (QED) is 0.834. The third-order valence-electron chi connectivity index (χ3n) is 4.52. The van der Waals surface area contributed by atoms with Crippen LogP contribution < -0.4 is 5.32 Å². The second-order valence-electron chi connectivity index (χ2n) is 6.71. The number of rotatable bonds is 5. The zero-order valence-electron chi connectivity index (χ0n) is 14.8. The Kier molecular flexibility index (Phi) is 6.54. The van der Waals surface area contributed by atoms with Crippen LogP contribution in [0.25, 0.3) is 0 Å². The lowest BCUT2D eigenvalue weighted by molar-refractivity contribution is -0.117. The summed E-state index contributed by atoms with van der Waals surface area (Å²) in [5, 5.41) is 3.89. The molecule has 1 heterocycles. The number of nitrogens with zero attached hydrogens (tertiary/aromatic N) is 2. The van der Waals surface area contributed by atoms with Gasteiger partial charge in [0.2, 0.25) is 5.91 Å². The van der Waals surface area contributed by atoms with E-state index in [9.17, 15) is 4.79 Å². The second kappa shape index (κ2) is 8.87. The van der Waals surface area contributed by atoms with Gasteiger partial charge in [0.05, 0.1) is 17.3 Å². The summed E-state index contributed by atoms with van der Waals surface area (Å²) in [6, 6.07) is 13.7. The Labute approximate surface area is 164 Å². The van der Waals surface area contributed by atoms with Gasteiger partial charge in [0.15, 0.2) is 0 Å². The SMILES string of the molecule is Cc1cccc(CN2CCN(CC(=O)Nc3cc(Cl)ccc3Cl)CC2)c1. The molecule has 1 saturated heterocycles. The number of anilines is 1. The number of amides is 1. The molecule has 0 aliphatic carbocycles. The number of hydrogen-bond acceptors (Lipinski definition) is 3. The lowest BCUT2D eigenvalue weighted by Gasteiger charge is -2.34. The van der Waals surface area contributed by atoms with Crippen molar-refractivity contribution in [3.63, 3.8) is 0 Å². The van der Waals surface area contributed by atoms with E-state index in [1.54, 1.807) is 18.2 Å². The predicted molar refractivity (Wildman–Crippen MR) is 108 cm³/mol. The number of benzene rings is 2. The van der Waals surface area contributed by atoms with E-state index >= 15 is 0 Å². The summed E-state index contributed by atoms with van der Waals surface area (Å²) >= 11 is 12.1. The van der Waals surface area contributed by atoms with E-state index in [2.05, 4.69) is 46.3 Å². The van der Waals surface area contributed by atoms with Gasteiger partial charge in [-0.25, -0.2) is 0 Å². The van der Waals surface area contributed by atoms with Crippen molar-refractivity contribution in [2.24, 2.45) is 0 Å². The first kappa shape index (κ1) is 19.2. The highest BCUT2D eigenvalue weighted by atomic mass is 35.5. The fourth-order valence-corrected chi connectivity index (χ4v) is 3.50. The molecule has 1 N–H and O–H groups in total. The van der Waals surface area contributed by atoms with Gasteiger partial charge >= 0.3 is 0 Å². The van der Waals surface area contributed by atoms with Crippen LogP contribution in [0.2, 0.25) is 10.0 Å². The fourth-order valence-electron chi connectivity index (χ4n) is 3.16. The lowest BCUT2D eigenvalue weighted by atomic mass is 10.1. The third-order valence-corrected chi connectivity index (χ3v) is 5.09. The zero-order valence-corrected chi connectivity index (χ0v) is 16.4. The Bertz CT molecular complexity index is 773. The summed E-state index contributed by atoms with van der Waals surface area (Å²) in [6.45, 7) is 7.11. The van der Waals surface area contributed by atoms with Crippen molar-refractivity contribution in [3.8, 4) is 0 Å². The summed E-state index contributed by atoms with van der Waals surface area (Å²) in [5.74, 6) is -0.0682. The molecular weight excluding hydrogens is 369 g/mol. The molecule has 2 aromatic rings. The van der Waals surface area contributed by atoms with Crippen molar-refractivity contribution in [1.29, 1.82) is 0 Å². The van der Waals surface area contributed by atoms with Gasteiger partial charge in [0.1, 0.15) is 0 Å². The minimum atomic E-state index is -0.0682. The summed E-state index contributed by atoms with van der Waals surface area (Å²) < 4.78 is 0. The van der Waals surface area contributed by atoms with Crippen LogP contribution in [0.5, 0.6) is 0 Å². The molecule has 0 radical (unpaired) electrons. The van der Waals surface area contributed by atoms with Gasteiger partial charge < -0.3 is 5.32 Å². The Balaban J connectivity index is 1.46. The van der Waals surface area contributed by atoms with E-state index < -0.39 is 0 Å². The summed E-state index contributed by atoms with van der Waals surface area (Å²) in [7, 11) is 0. The molecule has 0 bridgehead atoms. The van der Waals surface area contributed by atoms with E-state index in [1.807, 2.05) is 0 Å². The molecule has 4 nitrogen and oxygen atoms in total. The van der Waals surface area contributed by atoms with E-state index in [0.717, 1.165) is 32.7 Å². The maximum Gasteiger partial charge on any atom is 0.238 e. The zero-order chi connectivity index (χ0) is 18.5. The van der Waals surface area contributed by atoms with Crippen molar-refractivity contribution in [3.05, 3.63) is 63.6 Å². The molecule has 0 saturated carbocycles. The number of carbonyl (C=O) groups excluding carboxylic acids is 1. The summed E-state index contributed by atoms with van der Waals surface area (Å²) in [4.78, 5) is 16.9. The van der Waals surface area contributed by atoms with Crippen molar-refractivity contribution in [1.82, 2.24) is 9.80 Å². The highest BCUT2D eigenvalue weighted by Gasteiger charge is 2.19. The molecule has 0 unspecified atom stereocenters. The van der Waals surface area contributed by atoms with Crippen LogP contribution in [-0.4, -0.2) is 48.4 Å². The third kappa shape index (κ3) is 5.45. The normalized spacial score (nSPS) is 15.8. The predicted octanol–water partition coefficient (Wildman–Crippen LogP) is 4.06. The van der Waals surface area contributed by atoms with Crippen LogP contribution in [0, 0.1) is 6.92 Å². The van der Waals surface area contributed by atoms with Crippen molar-refractivity contribution < 1.29 is 4.79 Å². The second-order valence-corrected chi connectivity index (χ2v) is 7.56. The molecule has 1 aliphatic heterocycles. The molecule has 0 spiro atoms. The Morgan fingerprint density at radius 1 is 1.04 bits per heavy atom. The molecule has 1 amide bonds. The van der Waals surface area contributed by atoms with Gasteiger partial charge in [-0.15, -0.1) is 0 Å². The Morgan fingerprint density at radius 2 is 1.77 bits per heavy atom. The first-order valence-corrected chi connectivity index (χ1v) is 9.50. The highest BCUT2D eigenvalue weighted by molar-refractivity contribution is 6.35. The van der Waals surface area contributed by atoms with Gasteiger partial charge in [0.25, 0.3) is 0 Å². The van der Waals surface area contributed by atoms with Crippen LogP contribution in [-0.2, 0) is 11.3 Å². The summed E-state index contributed by atoms with van der Waals surface area (Å²) in [6.07, 6.45) is 0. The number of nitrogens with one attached hydrogen (secondary N) is 1. The topological polar surface area (TPSA) is 35.6 Å². The van der Waals surface area contributed by atoms with E-state index in [0.29, 0.717) is 22.3 Å². The Hall–Kier alpha value is -1.59. The van der Waals surface area contributed by atoms with Gasteiger partial charge in [-0.05, 0) is 30.7 Å². The van der Waals surface area contributed by atoms with Gasteiger partial charge in [0, 0.05) is 37.7 Å². The number of aryl methyl sites for hydroxylation is 1. The Morgan fingerprint density at radius 3 is 2.50 bits per heavy atom. The van der Waals surface area contributed by atoms with Crippen LogP contribution in [0.1, 0.15) is 11.1 Å². The number of carbonyl (C=O) groups is 1. The molecule has 0 aromatic heterocycles. The standard InChI is InChI=1S/C20H23Cl2N3O/c1-15-3-2-4-16(11-15)13-24-7-9-25(10-8-24)14-20(26)23-19-12-17(21)5-6-18(19)22/h2-6,11-12H,7-10,13-14H2,1H3,(H,23,26). The smallest absolute Gasteiger partial charge is 0.238 e. The molecule has 1 fully saturated rings. The highest BCUT2D eigenvalue weighted by Crippen LogP contribution is 2.25. The number of piperazine rings is 1. The molecule has 138 valence electrons. The molecule has 6 heteroatoms. The molecule has 2 aromatic carbocycles. The van der Waals surface area contributed by atoms with E-state index in [-0.39, 0.29) is 5.91 Å². The van der Waals surface area contributed by atoms with Crippen molar-refractivity contribution >= 4 is 34.8 Å². The maximum atomic E-state index is 12.3. The maximum absolute atomic E-state index is 12.3. The van der Waals surface area contributed by atoms with Crippen LogP contribution in [0.3, 0.4) is 0 Å².